The van der Waals surface area contributed by atoms with E-state index in [9.17, 15) is 0 Å². The van der Waals surface area contributed by atoms with Crippen molar-refractivity contribution in [3.8, 4) is 11.5 Å². The Morgan fingerprint density at radius 2 is 1.62 bits per heavy atom. The van der Waals surface area contributed by atoms with E-state index in [1.807, 2.05) is 18.2 Å². The highest BCUT2D eigenvalue weighted by Crippen LogP contribution is 2.29. The number of methoxy groups -OCH3 is 2. The number of nitrogens with one attached hydrogen (secondary N) is 2. The summed E-state index contributed by atoms with van der Waals surface area (Å²) in [6, 6.07) is 6.79. The molecule has 0 heterocycles. The van der Waals surface area contributed by atoms with Crippen LogP contribution >= 0.6 is 0 Å². The summed E-state index contributed by atoms with van der Waals surface area (Å²) in [7, 11) is 3.36. The maximum atomic E-state index is 5.54. The van der Waals surface area contributed by atoms with Crippen molar-refractivity contribution in [3.05, 3.63) is 18.2 Å². The Kier molecular flexibility index (Phi) is 7.04. The summed E-state index contributed by atoms with van der Waals surface area (Å²) < 4.78 is 10.8. The molecular weight excluding hydrogens is 326 g/mol. The van der Waals surface area contributed by atoms with Gasteiger partial charge in [-0.2, -0.15) is 0 Å². The van der Waals surface area contributed by atoms with Crippen molar-refractivity contribution in [2.24, 2.45) is 4.99 Å². The van der Waals surface area contributed by atoms with Crippen LogP contribution in [0.15, 0.2) is 23.2 Å². The van der Waals surface area contributed by atoms with Gasteiger partial charge in [0.15, 0.2) is 5.96 Å². The second-order valence-electron chi connectivity index (χ2n) is 7.44. The van der Waals surface area contributed by atoms with Gasteiger partial charge in [0.1, 0.15) is 11.5 Å². The molecule has 26 heavy (non-hydrogen) atoms. The van der Waals surface area contributed by atoms with Gasteiger partial charge in [-0.25, -0.2) is 4.99 Å². The molecule has 1 aromatic carbocycles. The van der Waals surface area contributed by atoms with E-state index in [1.165, 1.54) is 64.2 Å². The highest BCUT2D eigenvalue weighted by atomic mass is 16.5. The van der Waals surface area contributed by atoms with Crippen LogP contribution in [0.1, 0.15) is 64.2 Å². The first-order chi connectivity index (χ1) is 12.8. The van der Waals surface area contributed by atoms with E-state index in [0.717, 1.165) is 23.1 Å². The second-order valence-corrected chi connectivity index (χ2v) is 7.44. The smallest absolute Gasteiger partial charge is 0.196 e. The molecule has 0 unspecified atom stereocenters. The van der Waals surface area contributed by atoms with E-state index in [4.69, 9.17) is 14.5 Å². The van der Waals surface area contributed by atoms with Crippen LogP contribution in [-0.4, -0.2) is 32.3 Å². The Bertz CT molecular complexity index is 591. The van der Waals surface area contributed by atoms with Crippen LogP contribution in [0.25, 0.3) is 0 Å². The van der Waals surface area contributed by atoms with Crippen molar-refractivity contribution in [3.63, 3.8) is 0 Å². The molecule has 5 nitrogen and oxygen atoms in total. The van der Waals surface area contributed by atoms with Crippen molar-refractivity contribution < 1.29 is 9.47 Å². The van der Waals surface area contributed by atoms with Gasteiger partial charge in [0.05, 0.1) is 25.9 Å². The molecule has 0 saturated heterocycles. The average molecular weight is 360 g/mol. The van der Waals surface area contributed by atoms with Crippen molar-refractivity contribution in [1.82, 2.24) is 5.32 Å². The van der Waals surface area contributed by atoms with E-state index < -0.39 is 0 Å². The maximum absolute atomic E-state index is 5.54. The highest BCUT2D eigenvalue weighted by Gasteiger charge is 2.18. The molecule has 0 bridgehead atoms. The molecule has 0 aromatic heterocycles. The minimum Gasteiger partial charge on any atom is -0.497 e. The molecule has 2 aliphatic rings. The fraction of sp³-hybridized carbons (Fsp3) is 0.667. The molecule has 1 aromatic rings. The number of hydrogen-bond acceptors (Lipinski definition) is 3. The van der Waals surface area contributed by atoms with Crippen LogP contribution < -0.4 is 20.1 Å². The number of rotatable bonds is 5. The largest absolute Gasteiger partial charge is 0.497 e. The zero-order chi connectivity index (χ0) is 18.2. The first-order valence-electron chi connectivity index (χ1n) is 10.1. The van der Waals surface area contributed by atoms with Crippen molar-refractivity contribution in [2.75, 3.05) is 19.5 Å². The number of anilines is 1. The molecule has 5 heteroatoms. The quantitative estimate of drug-likeness (QED) is 0.590. The van der Waals surface area contributed by atoms with E-state index in [0.29, 0.717) is 12.1 Å². The summed E-state index contributed by atoms with van der Waals surface area (Å²) in [4.78, 5) is 5.05. The highest BCUT2D eigenvalue weighted by molar-refractivity contribution is 5.95. The van der Waals surface area contributed by atoms with Crippen LogP contribution in [0.3, 0.4) is 0 Å². The normalized spacial score (nSPS) is 19.8. The predicted octanol–water partition coefficient (Wildman–Crippen LogP) is 4.73. The lowest BCUT2D eigenvalue weighted by Crippen LogP contribution is -2.41. The molecular formula is C21H33N3O2. The number of hydrogen-bond donors (Lipinski definition) is 2. The van der Waals surface area contributed by atoms with Gasteiger partial charge in [0.2, 0.25) is 0 Å². The lowest BCUT2D eigenvalue weighted by molar-refractivity contribution is 0.395. The Labute approximate surface area is 157 Å². The predicted molar refractivity (Wildman–Crippen MR) is 107 cm³/mol. The molecule has 0 spiro atoms. The Hall–Kier alpha value is -1.91. The van der Waals surface area contributed by atoms with Crippen molar-refractivity contribution in [2.45, 2.75) is 76.3 Å². The molecule has 2 aliphatic carbocycles. The Morgan fingerprint density at radius 3 is 2.27 bits per heavy atom. The SMILES string of the molecule is COc1ccc(NC(=NC2CCCCC2)NC2CCCCC2)c(OC)c1. The van der Waals surface area contributed by atoms with Gasteiger partial charge < -0.3 is 20.1 Å². The Balaban J connectivity index is 1.76. The summed E-state index contributed by atoms with van der Waals surface area (Å²) in [6.07, 6.45) is 12.7. The first-order valence-corrected chi connectivity index (χ1v) is 10.1. The van der Waals surface area contributed by atoms with Gasteiger partial charge in [0, 0.05) is 12.1 Å². The summed E-state index contributed by atoms with van der Waals surface area (Å²) in [5, 5.41) is 7.19. The maximum Gasteiger partial charge on any atom is 0.196 e. The summed E-state index contributed by atoms with van der Waals surface area (Å²) in [5.41, 5.74) is 0.922. The zero-order valence-electron chi connectivity index (χ0n) is 16.2. The van der Waals surface area contributed by atoms with E-state index >= 15 is 0 Å². The summed E-state index contributed by atoms with van der Waals surface area (Å²) >= 11 is 0. The first kappa shape index (κ1) is 18.9. The van der Waals surface area contributed by atoms with Crippen LogP contribution in [0.4, 0.5) is 5.69 Å². The number of benzene rings is 1. The van der Waals surface area contributed by atoms with Gasteiger partial charge in [-0.1, -0.05) is 38.5 Å². The minimum atomic E-state index is 0.423. The third-order valence-electron chi connectivity index (χ3n) is 5.49. The van der Waals surface area contributed by atoms with Gasteiger partial charge in [-0.05, 0) is 37.8 Å². The van der Waals surface area contributed by atoms with Gasteiger partial charge in [-0.15, -0.1) is 0 Å². The summed E-state index contributed by atoms with van der Waals surface area (Å²) in [6.45, 7) is 0. The van der Waals surface area contributed by atoms with E-state index in [-0.39, 0.29) is 0 Å². The minimum absolute atomic E-state index is 0.423. The third-order valence-corrected chi connectivity index (χ3v) is 5.49. The molecule has 144 valence electrons. The molecule has 0 atom stereocenters. The van der Waals surface area contributed by atoms with Crippen molar-refractivity contribution in [1.29, 1.82) is 0 Å². The fourth-order valence-electron chi connectivity index (χ4n) is 3.97. The molecule has 2 fully saturated rings. The zero-order valence-corrected chi connectivity index (χ0v) is 16.2. The third kappa shape index (κ3) is 5.29. The summed E-state index contributed by atoms with van der Waals surface area (Å²) in [5.74, 6) is 2.46. The Morgan fingerprint density at radius 1 is 0.923 bits per heavy atom. The van der Waals surface area contributed by atoms with Gasteiger partial charge >= 0.3 is 0 Å². The lowest BCUT2D eigenvalue weighted by Gasteiger charge is -2.27. The van der Waals surface area contributed by atoms with Crippen LogP contribution in [0.5, 0.6) is 11.5 Å². The number of aliphatic imine (C=N–C) groups is 1. The monoisotopic (exact) mass is 359 g/mol. The van der Waals surface area contributed by atoms with Crippen LogP contribution in [0, 0.1) is 0 Å². The number of ether oxygens (including phenoxy) is 2. The molecule has 2 saturated carbocycles. The number of nitrogens with zero attached hydrogens (tertiary/aromatic N) is 1. The average Bonchev–Trinajstić information content (AvgIpc) is 2.70. The van der Waals surface area contributed by atoms with Gasteiger partial charge in [-0.3, -0.25) is 0 Å². The molecule has 2 N–H and O–H groups in total. The van der Waals surface area contributed by atoms with Crippen LogP contribution in [0.2, 0.25) is 0 Å². The van der Waals surface area contributed by atoms with Crippen molar-refractivity contribution >= 4 is 11.6 Å². The van der Waals surface area contributed by atoms with E-state index in [2.05, 4.69) is 10.6 Å². The lowest BCUT2D eigenvalue weighted by atomic mass is 9.95. The van der Waals surface area contributed by atoms with Crippen LogP contribution in [-0.2, 0) is 0 Å². The standard InChI is InChI=1S/C21H33N3O2/c1-25-18-13-14-19(20(15-18)26-2)24-21(22-16-9-5-3-6-10-16)23-17-11-7-4-8-12-17/h13-17H,3-12H2,1-2H3,(H2,22,23,24). The van der Waals surface area contributed by atoms with E-state index in [1.54, 1.807) is 14.2 Å². The molecule has 0 radical (unpaired) electrons. The number of guanidine groups is 1. The molecule has 0 amide bonds. The topological polar surface area (TPSA) is 54.9 Å². The fourth-order valence-corrected chi connectivity index (χ4v) is 3.97. The van der Waals surface area contributed by atoms with Gasteiger partial charge in [0.25, 0.3) is 0 Å². The molecule has 3 rings (SSSR count). The second kappa shape index (κ2) is 9.70. The molecule has 0 aliphatic heterocycles.